The van der Waals surface area contributed by atoms with Crippen LogP contribution >= 0.6 is 11.8 Å². The van der Waals surface area contributed by atoms with Crippen LogP contribution in [0.1, 0.15) is 31.0 Å². The van der Waals surface area contributed by atoms with E-state index in [1.165, 1.54) is 18.4 Å². The summed E-state index contributed by atoms with van der Waals surface area (Å²) in [5.74, 6) is 1.35. The maximum Gasteiger partial charge on any atom is 0.247 e. The number of rotatable bonds is 8. The summed E-state index contributed by atoms with van der Waals surface area (Å²) in [6, 6.07) is 14.4. The van der Waals surface area contributed by atoms with Gasteiger partial charge in [-0.25, -0.2) is 0 Å². The van der Waals surface area contributed by atoms with E-state index in [4.69, 9.17) is 0 Å². The van der Waals surface area contributed by atoms with E-state index in [0.29, 0.717) is 5.95 Å². The maximum absolute atomic E-state index is 4.45. The summed E-state index contributed by atoms with van der Waals surface area (Å²) in [4.78, 5) is 8.75. The number of nitrogens with one attached hydrogen (secondary N) is 2. The smallest absolute Gasteiger partial charge is 0.247 e. The van der Waals surface area contributed by atoms with Crippen LogP contribution in [0.5, 0.6) is 0 Å². The second-order valence-corrected chi connectivity index (χ2v) is 6.46. The van der Waals surface area contributed by atoms with E-state index in [1.54, 1.807) is 18.0 Å². The molecule has 3 rings (SSSR count). The van der Waals surface area contributed by atoms with Gasteiger partial charge in [0, 0.05) is 17.6 Å². The molecule has 0 spiro atoms. The lowest BCUT2D eigenvalue weighted by Gasteiger charge is -2.04. The molecule has 2 aromatic heterocycles. The Hall–Kier alpha value is -2.34. The van der Waals surface area contributed by atoms with Gasteiger partial charge >= 0.3 is 0 Å². The number of hydrogen-bond acceptors (Lipinski definition) is 5. The molecular formula is C18H21N5S. The van der Waals surface area contributed by atoms with Crippen LogP contribution in [-0.2, 0) is 12.2 Å². The van der Waals surface area contributed by atoms with Crippen LogP contribution < -0.4 is 5.32 Å². The minimum absolute atomic E-state index is 0.583. The number of aryl methyl sites for hydroxylation is 1. The largest absolute Gasteiger partial charge is 0.323 e. The van der Waals surface area contributed by atoms with E-state index in [-0.39, 0.29) is 0 Å². The molecule has 0 fully saturated rings. The number of nitrogens with zero attached hydrogens (tertiary/aromatic N) is 3. The van der Waals surface area contributed by atoms with E-state index >= 15 is 0 Å². The molecular weight excluding hydrogens is 318 g/mol. The topological polar surface area (TPSA) is 66.5 Å². The Balaban J connectivity index is 1.53. The lowest BCUT2D eigenvalue weighted by molar-refractivity contribution is 0.795. The zero-order chi connectivity index (χ0) is 16.6. The van der Waals surface area contributed by atoms with Gasteiger partial charge in [0.05, 0.1) is 5.69 Å². The molecule has 0 aliphatic carbocycles. The standard InChI is InChI=1S/C18H21N5S/c1-2-3-6-14-8-10-15(11-9-14)20-17-21-18(23-22-17)24-13-16-7-4-5-12-19-16/h4-5,7-12H,2-3,6,13H2,1H3,(H2,20,21,22,23). The highest BCUT2D eigenvalue weighted by Crippen LogP contribution is 2.20. The van der Waals surface area contributed by atoms with Crippen molar-refractivity contribution in [2.24, 2.45) is 0 Å². The number of aromatic amines is 1. The van der Waals surface area contributed by atoms with Crippen molar-refractivity contribution < 1.29 is 0 Å². The van der Waals surface area contributed by atoms with E-state index < -0.39 is 0 Å². The number of unbranched alkanes of at least 4 members (excludes halogenated alkanes) is 1. The molecule has 1 aromatic carbocycles. The Labute approximate surface area is 146 Å². The molecule has 0 amide bonds. The zero-order valence-corrected chi connectivity index (χ0v) is 14.5. The van der Waals surface area contributed by atoms with Crippen LogP contribution in [0, 0.1) is 0 Å². The van der Waals surface area contributed by atoms with Gasteiger partial charge in [0.1, 0.15) is 0 Å². The minimum Gasteiger partial charge on any atom is -0.323 e. The van der Waals surface area contributed by atoms with E-state index in [9.17, 15) is 0 Å². The molecule has 0 atom stereocenters. The van der Waals surface area contributed by atoms with Gasteiger partial charge in [-0.3, -0.25) is 10.1 Å². The fraction of sp³-hybridized carbons (Fsp3) is 0.278. The normalized spacial score (nSPS) is 10.7. The van der Waals surface area contributed by atoms with Crippen molar-refractivity contribution in [3.8, 4) is 0 Å². The zero-order valence-electron chi connectivity index (χ0n) is 13.7. The predicted molar refractivity (Wildman–Crippen MR) is 98.5 cm³/mol. The molecule has 0 aliphatic heterocycles. The lowest BCUT2D eigenvalue weighted by Crippen LogP contribution is -1.93. The minimum atomic E-state index is 0.583. The third-order valence-electron chi connectivity index (χ3n) is 3.58. The molecule has 24 heavy (non-hydrogen) atoms. The molecule has 0 unspecified atom stereocenters. The van der Waals surface area contributed by atoms with Gasteiger partial charge in [-0.05, 0) is 42.7 Å². The van der Waals surface area contributed by atoms with Gasteiger partial charge in [-0.1, -0.05) is 43.3 Å². The summed E-state index contributed by atoms with van der Waals surface area (Å²) in [5.41, 5.74) is 3.38. The molecule has 6 heteroatoms. The van der Waals surface area contributed by atoms with Crippen molar-refractivity contribution >= 4 is 23.4 Å². The van der Waals surface area contributed by atoms with Gasteiger partial charge in [-0.2, -0.15) is 4.98 Å². The first-order valence-electron chi connectivity index (χ1n) is 8.14. The molecule has 5 nitrogen and oxygen atoms in total. The summed E-state index contributed by atoms with van der Waals surface area (Å²) < 4.78 is 0. The number of hydrogen-bond donors (Lipinski definition) is 2. The summed E-state index contributed by atoms with van der Waals surface area (Å²) in [5, 5.41) is 11.2. The molecule has 124 valence electrons. The fourth-order valence-corrected chi connectivity index (χ4v) is 2.97. The van der Waals surface area contributed by atoms with Crippen LogP contribution in [-0.4, -0.2) is 20.2 Å². The molecule has 0 saturated carbocycles. The predicted octanol–water partition coefficient (Wildman–Crippen LogP) is 4.58. The molecule has 0 aliphatic rings. The van der Waals surface area contributed by atoms with Crippen molar-refractivity contribution in [2.45, 2.75) is 37.1 Å². The van der Waals surface area contributed by atoms with Crippen molar-refractivity contribution in [2.75, 3.05) is 5.32 Å². The number of H-pyrrole nitrogens is 1. The average molecular weight is 339 g/mol. The van der Waals surface area contributed by atoms with Crippen LogP contribution in [0.15, 0.2) is 53.8 Å². The van der Waals surface area contributed by atoms with Gasteiger partial charge in [-0.15, -0.1) is 5.10 Å². The Morgan fingerprint density at radius 3 is 2.75 bits per heavy atom. The highest BCUT2D eigenvalue weighted by atomic mass is 32.2. The summed E-state index contributed by atoms with van der Waals surface area (Å²) >= 11 is 1.58. The number of thioether (sulfide) groups is 1. The molecule has 2 N–H and O–H groups in total. The Kier molecular flexibility index (Phi) is 5.85. The second kappa shape index (κ2) is 8.49. The first-order valence-corrected chi connectivity index (χ1v) is 9.13. The monoisotopic (exact) mass is 339 g/mol. The first kappa shape index (κ1) is 16.5. The fourth-order valence-electron chi connectivity index (χ4n) is 2.26. The molecule has 0 radical (unpaired) electrons. The van der Waals surface area contributed by atoms with E-state index in [0.717, 1.165) is 28.7 Å². The van der Waals surface area contributed by atoms with Crippen LogP contribution in [0.25, 0.3) is 0 Å². The van der Waals surface area contributed by atoms with Crippen molar-refractivity contribution in [1.29, 1.82) is 0 Å². The second-order valence-electron chi connectivity index (χ2n) is 5.50. The highest BCUT2D eigenvalue weighted by molar-refractivity contribution is 7.98. The van der Waals surface area contributed by atoms with Gasteiger partial charge < -0.3 is 5.32 Å². The van der Waals surface area contributed by atoms with Crippen molar-refractivity contribution in [3.63, 3.8) is 0 Å². The maximum atomic E-state index is 4.45. The summed E-state index contributed by atoms with van der Waals surface area (Å²) in [6.07, 6.45) is 5.37. The Bertz CT molecular complexity index is 740. The first-order chi connectivity index (χ1) is 11.8. The van der Waals surface area contributed by atoms with Crippen LogP contribution in [0.3, 0.4) is 0 Å². The molecule has 0 saturated heterocycles. The summed E-state index contributed by atoms with van der Waals surface area (Å²) in [6.45, 7) is 2.21. The molecule has 3 aromatic rings. The summed E-state index contributed by atoms with van der Waals surface area (Å²) in [7, 11) is 0. The highest BCUT2D eigenvalue weighted by Gasteiger charge is 2.05. The Morgan fingerprint density at radius 2 is 2.00 bits per heavy atom. The third-order valence-corrected chi connectivity index (χ3v) is 4.47. The van der Waals surface area contributed by atoms with Gasteiger partial charge in [0.25, 0.3) is 0 Å². The quantitative estimate of drug-likeness (QED) is 0.588. The Morgan fingerprint density at radius 1 is 1.12 bits per heavy atom. The van der Waals surface area contributed by atoms with E-state index in [1.807, 2.05) is 18.2 Å². The van der Waals surface area contributed by atoms with E-state index in [2.05, 4.69) is 56.7 Å². The number of pyridine rings is 1. The molecule has 2 heterocycles. The van der Waals surface area contributed by atoms with Crippen LogP contribution in [0.2, 0.25) is 0 Å². The van der Waals surface area contributed by atoms with Crippen molar-refractivity contribution in [3.05, 3.63) is 59.9 Å². The number of aromatic nitrogens is 4. The average Bonchev–Trinajstić information content (AvgIpc) is 3.08. The number of benzene rings is 1. The van der Waals surface area contributed by atoms with Crippen molar-refractivity contribution in [1.82, 2.24) is 20.2 Å². The molecule has 0 bridgehead atoms. The van der Waals surface area contributed by atoms with Crippen LogP contribution in [0.4, 0.5) is 11.6 Å². The van der Waals surface area contributed by atoms with Gasteiger partial charge in [0.2, 0.25) is 5.95 Å². The number of anilines is 2. The SMILES string of the molecule is CCCCc1ccc(Nc2n[nH]c(SCc3ccccn3)n2)cc1. The lowest BCUT2D eigenvalue weighted by atomic mass is 10.1. The van der Waals surface area contributed by atoms with Gasteiger partial charge in [0.15, 0.2) is 5.16 Å². The third kappa shape index (κ3) is 4.83.